The predicted molar refractivity (Wildman–Crippen MR) is 151 cm³/mol. The molecule has 3 aliphatic rings. The zero-order chi connectivity index (χ0) is 23.4. The highest BCUT2D eigenvalue weighted by atomic mass is 32.2. The van der Waals surface area contributed by atoms with E-state index in [9.17, 15) is 0 Å². The van der Waals surface area contributed by atoms with Crippen molar-refractivity contribution in [1.29, 1.82) is 0 Å². The summed E-state index contributed by atoms with van der Waals surface area (Å²) >= 11 is 16.6. The van der Waals surface area contributed by atoms with Gasteiger partial charge in [-0.15, -0.1) is 0 Å². The Morgan fingerprint density at radius 2 is 1.61 bits per heavy atom. The Morgan fingerprint density at radius 3 is 2.30 bits per heavy atom. The van der Waals surface area contributed by atoms with Crippen LogP contribution in [0.3, 0.4) is 0 Å². The average Bonchev–Trinajstić information content (AvgIpc) is 3.24. The third-order valence-corrected chi connectivity index (χ3v) is 10.0. The van der Waals surface area contributed by atoms with Crippen molar-refractivity contribution in [2.24, 2.45) is 10.9 Å². The summed E-state index contributed by atoms with van der Waals surface area (Å²) in [6.07, 6.45) is 9.28. The molecular weight excluding hydrogens is 487 g/mol. The number of hydrogen-bond donors (Lipinski definition) is 0. The van der Waals surface area contributed by atoms with Crippen LogP contribution in [-0.4, -0.2) is 59.0 Å². The summed E-state index contributed by atoms with van der Waals surface area (Å²) in [4.78, 5) is 8.77. The number of unbranched alkanes of at least 4 members (excludes halogenated alkanes) is 5. The van der Waals surface area contributed by atoms with Crippen LogP contribution in [0.25, 0.3) is 0 Å². The van der Waals surface area contributed by atoms with Crippen LogP contribution in [0.5, 0.6) is 0 Å². The number of rotatable bonds is 11. The minimum absolute atomic E-state index is 0.246. The zero-order valence-electron chi connectivity index (χ0n) is 19.5. The fourth-order valence-electron chi connectivity index (χ4n) is 4.78. The second-order valence-electron chi connectivity index (χ2n) is 9.01. The molecule has 2 unspecified atom stereocenters. The van der Waals surface area contributed by atoms with Gasteiger partial charge in [-0.1, -0.05) is 69.7 Å². The molecule has 3 aliphatic heterocycles. The van der Waals surface area contributed by atoms with Crippen LogP contribution in [0.15, 0.2) is 29.3 Å². The minimum atomic E-state index is -0.246. The maximum atomic E-state index is 6.02. The maximum absolute atomic E-state index is 6.02. The van der Waals surface area contributed by atoms with Crippen LogP contribution < -0.4 is 0 Å². The fourth-order valence-corrected chi connectivity index (χ4v) is 7.99. The molecule has 1 saturated heterocycles. The molecule has 2 atom stereocenters. The quantitative estimate of drug-likeness (QED) is 0.207. The van der Waals surface area contributed by atoms with Gasteiger partial charge in [-0.2, -0.15) is 0 Å². The smallest absolute Gasteiger partial charge is 0.189 e. The number of benzene rings is 1. The van der Waals surface area contributed by atoms with Crippen LogP contribution in [0.1, 0.15) is 63.0 Å². The van der Waals surface area contributed by atoms with Crippen LogP contribution in [-0.2, 0) is 13.1 Å². The number of hydrogen-bond acceptors (Lipinski definition) is 4. The molecule has 0 radical (unpaired) electrons. The monoisotopic (exact) mass is 519 g/mol. The highest BCUT2D eigenvalue weighted by molar-refractivity contribution is 8.14. The minimum Gasteiger partial charge on any atom is -0.296 e. The number of isothiocyanates is 1. The van der Waals surface area contributed by atoms with Crippen molar-refractivity contribution >= 4 is 68.0 Å². The van der Waals surface area contributed by atoms with E-state index in [1.807, 2.05) is 0 Å². The second kappa shape index (κ2) is 11.4. The van der Waals surface area contributed by atoms with E-state index in [0.717, 1.165) is 35.4 Å². The molecule has 1 aromatic carbocycles. The lowest BCUT2D eigenvalue weighted by molar-refractivity contribution is 0.283. The van der Waals surface area contributed by atoms with E-state index in [0.29, 0.717) is 12.5 Å². The first-order chi connectivity index (χ1) is 16.0. The van der Waals surface area contributed by atoms with Crippen LogP contribution in [0.2, 0.25) is 0 Å². The summed E-state index contributed by atoms with van der Waals surface area (Å²) in [6.45, 7) is 5.68. The normalized spacial score (nSPS) is 21.7. The number of nitrogens with zero attached hydrogens (tertiary/aromatic N) is 5. The van der Waals surface area contributed by atoms with Gasteiger partial charge in [-0.3, -0.25) is 18.4 Å². The van der Waals surface area contributed by atoms with E-state index in [4.69, 9.17) is 24.4 Å². The van der Waals surface area contributed by atoms with Gasteiger partial charge in [0.05, 0.1) is 29.1 Å². The first-order valence-electron chi connectivity index (χ1n) is 11.9. The first-order valence-corrected chi connectivity index (χ1v) is 14.3. The van der Waals surface area contributed by atoms with Crippen molar-refractivity contribution in [3.63, 3.8) is 0 Å². The molecule has 3 heterocycles. The van der Waals surface area contributed by atoms with E-state index in [2.05, 4.69) is 79.0 Å². The lowest BCUT2D eigenvalue weighted by atomic mass is 9.97. The highest BCUT2D eigenvalue weighted by Gasteiger charge is 2.49. The van der Waals surface area contributed by atoms with Crippen molar-refractivity contribution in [3.05, 3.63) is 35.4 Å². The van der Waals surface area contributed by atoms with Crippen LogP contribution in [0, 0.1) is 5.92 Å². The first kappa shape index (κ1) is 24.7. The summed E-state index contributed by atoms with van der Waals surface area (Å²) in [7, 11) is 1.87. The third-order valence-electron chi connectivity index (χ3n) is 6.56. The molecule has 0 aromatic heterocycles. The maximum Gasteiger partial charge on any atom is 0.189 e. The van der Waals surface area contributed by atoms with Crippen molar-refractivity contribution in [2.75, 3.05) is 20.1 Å². The number of thiocarbonyl (C=S) groups is 3. The van der Waals surface area contributed by atoms with Gasteiger partial charge in [-0.05, 0) is 60.1 Å². The fraction of sp³-hybridized carbons (Fsp3) is 0.583. The van der Waals surface area contributed by atoms with E-state index in [-0.39, 0.29) is 10.9 Å². The summed E-state index contributed by atoms with van der Waals surface area (Å²) in [5.41, 5.74) is 2.37. The molecule has 1 fully saturated rings. The molecule has 178 valence electrons. The van der Waals surface area contributed by atoms with Gasteiger partial charge in [0.25, 0.3) is 0 Å². The van der Waals surface area contributed by atoms with Crippen molar-refractivity contribution < 1.29 is 0 Å². The van der Waals surface area contributed by atoms with Crippen molar-refractivity contribution in [3.8, 4) is 0 Å². The molecule has 0 amide bonds. The van der Waals surface area contributed by atoms with Gasteiger partial charge in [0.2, 0.25) is 0 Å². The summed E-state index contributed by atoms with van der Waals surface area (Å²) in [5.74, 6) is 0.605. The summed E-state index contributed by atoms with van der Waals surface area (Å²) in [5, 5.41) is 5.60. The molecule has 0 N–H and O–H groups in total. The molecular formula is C24H33N5S4. The van der Waals surface area contributed by atoms with E-state index in [1.54, 1.807) is 0 Å². The molecule has 0 aliphatic carbocycles. The Labute approximate surface area is 217 Å². The molecule has 33 heavy (non-hydrogen) atoms. The van der Waals surface area contributed by atoms with Crippen LogP contribution >= 0.6 is 47.5 Å². The lowest BCUT2D eigenvalue weighted by Crippen LogP contribution is -2.55. The van der Waals surface area contributed by atoms with Crippen molar-refractivity contribution in [1.82, 2.24) is 18.4 Å². The Balaban J connectivity index is 1.43. The Kier molecular flexibility index (Phi) is 8.52. The van der Waals surface area contributed by atoms with E-state index >= 15 is 0 Å². The molecule has 0 saturated carbocycles. The molecule has 0 bridgehead atoms. The topological polar surface area (TPSA) is 25.3 Å². The summed E-state index contributed by atoms with van der Waals surface area (Å²) < 4.78 is 4.60. The lowest BCUT2D eigenvalue weighted by Gasteiger charge is -2.40. The van der Waals surface area contributed by atoms with Gasteiger partial charge in [-0.25, -0.2) is 4.99 Å². The Morgan fingerprint density at radius 1 is 0.970 bits per heavy atom. The second-order valence-corrected chi connectivity index (χ2v) is 11.8. The van der Waals surface area contributed by atoms with Gasteiger partial charge in [0, 0.05) is 20.1 Å². The Hall–Kier alpha value is -1.38. The van der Waals surface area contributed by atoms with E-state index < -0.39 is 0 Å². The number of aliphatic imine (C=N–C) groups is 1. The average molecular weight is 520 g/mol. The van der Waals surface area contributed by atoms with Gasteiger partial charge >= 0.3 is 0 Å². The zero-order valence-corrected chi connectivity index (χ0v) is 22.8. The summed E-state index contributed by atoms with van der Waals surface area (Å²) in [6, 6.07) is 8.55. The van der Waals surface area contributed by atoms with Gasteiger partial charge < -0.3 is 0 Å². The predicted octanol–water partition coefficient (Wildman–Crippen LogP) is 5.79. The molecule has 0 spiro atoms. The molecule has 9 heteroatoms. The molecule has 5 nitrogen and oxygen atoms in total. The SMILES string of the molecule is CCCCCCCCC1CN2C(=S)N(C)S3=C2N(C1)C(=S)N3Cc1ccc(CN=C=S)cc1. The molecule has 1 aromatic rings. The largest absolute Gasteiger partial charge is 0.296 e. The van der Waals surface area contributed by atoms with E-state index in [1.165, 1.54) is 55.6 Å². The Bertz CT molecular complexity index is 970. The third kappa shape index (κ3) is 5.33. The standard InChI is InChI=1S/C24H33N5S4/c1-3-4-5-6-7-8-9-21-15-27-22(31)26(2)33-24(27)28(16-21)23(32)29(33)17-20-12-10-19(11-13-20)14-25-18-30/h10-13,21H,3-9,14-17H2,1-2H3. The van der Waals surface area contributed by atoms with Gasteiger partial charge in [0.1, 0.15) is 0 Å². The van der Waals surface area contributed by atoms with Crippen molar-refractivity contribution in [2.45, 2.75) is 65.0 Å². The molecule has 4 rings (SSSR count). The van der Waals surface area contributed by atoms with Gasteiger partial charge in [0.15, 0.2) is 15.3 Å². The van der Waals surface area contributed by atoms with Crippen LogP contribution in [0.4, 0.5) is 0 Å². The highest BCUT2D eigenvalue weighted by Crippen LogP contribution is 2.45.